The summed E-state index contributed by atoms with van der Waals surface area (Å²) in [7, 11) is 0. The normalized spacial score (nSPS) is 49.2. The third-order valence-electron chi connectivity index (χ3n) is 1.95. The van der Waals surface area contributed by atoms with E-state index >= 15 is 0 Å². The molecular formula is C6H13NO4S. The van der Waals surface area contributed by atoms with Gasteiger partial charge in [-0.05, 0) is 0 Å². The Kier molecular flexibility index (Phi) is 3.33. The lowest BCUT2D eigenvalue weighted by Gasteiger charge is -2.38. The van der Waals surface area contributed by atoms with E-state index in [9.17, 15) is 10.2 Å². The first-order chi connectivity index (χ1) is 5.57. The van der Waals surface area contributed by atoms with Gasteiger partial charge in [0.1, 0.15) is 23.7 Å². The molecule has 0 radical (unpaired) electrons. The van der Waals surface area contributed by atoms with E-state index in [0.29, 0.717) is 0 Å². The van der Waals surface area contributed by atoms with E-state index in [-0.39, 0.29) is 6.61 Å². The number of ether oxygens (including phenoxy) is 1. The zero-order valence-electron chi connectivity index (χ0n) is 6.37. The van der Waals surface area contributed by atoms with Gasteiger partial charge in [-0.25, -0.2) is 0 Å². The topological polar surface area (TPSA) is 95.9 Å². The Labute approximate surface area is 75.5 Å². The summed E-state index contributed by atoms with van der Waals surface area (Å²) < 4.78 is 5.01. The van der Waals surface area contributed by atoms with Crippen molar-refractivity contribution in [1.82, 2.24) is 0 Å². The largest absolute Gasteiger partial charge is 0.394 e. The molecule has 0 amide bonds. The number of rotatable bonds is 1. The molecule has 1 rings (SSSR count). The Morgan fingerprint density at radius 1 is 1.33 bits per heavy atom. The SMILES string of the molecule is N[C@H]1C(S)O[C@H](CO)[C@H](O)[C@@H]1O. The summed E-state index contributed by atoms with van der Waals surface area (Å²) in [6.07, 6.45) is -3.05. The highest BCUT2D eigenvalue weighted by molar-refractivity contribution is 7.80. The van der Waals surface area contributed by atoms with Gasteiger partial charge in [0.25, 0.3) is 0 Å². The first kappa shape index (κ1) is 10.2. The summed E-state index contributed by atoms with van der Waals surface area (Å²) in [5.41, 5.74) is 4.78. The first-order valence-electron chi connectivity index (χ1n) is 3.64. The monoisotopic (exact) mass is 195 g/mol. The zero-order valence-corrected chi connectivity index (χ0v) is 7.26. The van der Waals surface area contributed by atoms with Crippen LogP contribution in [-0.2, 0) is 4.74 Å². The maximum absolute atomic E-state index is 9.30. The second-order valence-corrected chi connectivity index (χ2v) is 3.32. The van der Waals surface area contributed by atoms with E-state index in [2.05, 4.69) is 12.6 Å². The van der Waals surface area contributed by atoms with Gasteiger partial charge in [0.2, 0.25) is 0 Å². The molecule has 0 aromatic carbocycles. The van der Waals surface area contributed by atoms with E-state index < -0.39 is 29.8 Å². The minimum Gasteiger partial charge on any atom is -0.394 e. The van der Waals surface area contributed by atoms with Crippen molar-refractivity contribution in [1.29, 1.82) is 0 Å². The summed E-state index contributed by atoms with van der Waals surface area (Å²) in [4.78, 5) is 0. The smallest absolute Gasteiger partial charge is 0.118 e. The Hall–Kier alpha value is 0.150. The van der Waals surface area contributed by atoms with E-state index in [4.69, 9.17) is 15.6 Å². The molecule has 0 aromatic rings. The van der Waals surface area contributed by atoms with Gasteiger partial charge in [0.05, 0.1) is 12.6 Å². The van der Waals surface area contributed by atoms with Crippen LogP contribution in [0.3, 0.4) is 0 Å². The van der Waals surface area contributed by atoms with E-state index in [1.54, 1.807) is 0 Å². The Balaban J connectivity index is 2.63. The second kappa shape index (κ2) is 3.91. The minimum absolute atomic E-state index is 0.359. The zero-order chi connectivity index (χ0) is 9.30. The summed E-state index contributed by atoms with van der Waals surface area (Å²) in [5.74, 6) is 0. The molecule has 6 heteroatoms. The van der Waals surface area contributed by atoms with Crippen LogP contribution in [0.5, 0.6) is 0 Å². The summed E-state index contributed by atoms with van der Waals surface area (Å²) in [6, 6.07) is -0.730. The van der Waals surface area contributed by atoms with Gasteiger partial charge in [0.15, 0.2) is 0 Å². The molecule has 0 saturated carbocycles. The number of nitrogens with two attached hydrogens (primary N) is 1. The van der Waals surface area contributed by atoms with Crippen LogP contribution in [0.2, 0.25) is 0 Å². The molecular weight excluding hydrogens is 182 g/mol. The van der Waals surface area contributed by atoms with Crippen molar-refractivity contribution in [2.45, 2.75) is 29.8 Å². The number of hydrogen-bond donors (Lipinski definition) is 5. The summed E-state index contributed by atoms with van der Waals surface area (Å²) in [6.45, 7) is -0.359. The molecule has 1 unspecified atom stereocenters. The van der Waals surface area contributed by atoms with Crippen molar-refractivity contribution in [3.63, 3.8) is 0 Å². The predicted octanol–water partition coefficient (Wildman–Crippen LogP) is -2.32. The number of thiol groups is 1. The molecule has 12 heavy (non-hydrogen) atoms. The van der Waals surface area contributed by atoms with Crippen LogP contribution in [0.25, 0.3) is 0 Å². The third kappa shape index (κ3) is 1.73. The van der Waals surface area contributed by atoms with Crippen molar-refractivity contribution in [3.8, 4) is 0 Å². The van der Waals surface area contributed by atoms with Gasteiger partial charge in [-0.15, -0.1) is 12.6 Å². The van der Waals surface area contributed by atoms with Crippen molar-refractivity contribution in [2.75, 3.05) is 6.61 Å². The molecule has 0 aliphatic carbocycles. The Morgan fingerprint density at radius 2 is 1.92 bits per heavy atom. The van der Waals surface area contributed by atoms with Crippen LogP contribution in [-0.4, -0.2) is 51.7 Å². The van der Waals surface area contributed by atoms with Gasteiger partial charge < -0.3 is 25.8 Å². The van der Waals surface area contributed by atoms with Gasteiger partial charge >= 0.3 is 0 Å². The summed E-state index contributed by atoms with van der Waals surface area (Å²) in [5, 5.41) is 27.3. The first-order valence-corrected chi connectivity index (χ1v) is 4.15. The van der Waals surface area contributed by atoms with Gasteiger partial charge in [-0.3, -0.25) is 0 Å². The van der Waals surface area contributed by atoms with E-state index in [0.717, 1.165) is 0 Å². The molecule has 1 heterocycles. The molecule has 1 aliphatic rings. The van der Waals surface area contributed by atoms with E-state index in [1.807, 2.05) is 0 Å². The number of aliphatic hydroxyl groups is 3. The van der Waals surface area contributed by atoms with Gasteiger partial charge in [-0.2, -0.15) is 0 Å². The lowest BCUT2D eigenvalue weighted by molar-refractivity contribution is -0.165. The third-order valence-corrected chi connectivity index (χ3v) is 2.41. The fourth-order valence-corrected chi connectivity index (χ4v) is 1.45. The molecule has 0 aromatic heterocycles. The molecule has 5 N–H and O–H groups in total. The maximum atomic E-state index is 9.30. The Bertz CT molecular complexity index is 154. The fourth-order valence-electron chi connectivity index (χ4n) is 1.12. The predicted molar refractivity (Wildman–Crippen MR) is 44.7 cm³/mol. The molecule has 5 atom stereocenters. The average molecular weight is 195 g/mol. The van der Waals surface area contributed by atoms with Crippen molar-refractivity contribution in [2.24, 2.45) is 5.73 Å². The molecule has 72 valence electrons. The van der Waals surface area contributed by atoms with Crippen LogP contribution in [0.1, 0.15) is 0 Å². The number of hydrogen-bond acceptors (Lipinski definition) is 6. The van der Waals surface area contributed by atoms with Crippen LogP contribution < -0.4 is 5.73 Å². The average Bonchev–Trinajstić information content (AvgIpc) is 2.08. The van der Waals surface area contributed by atoms with Crippen LogP contribution in [0.15, 0.2) is 0 Å². The van der Waals surface area contributed by atoms with E-state index in [1.165, 1.54) is 0 Å². The molecule has 1 fully saturated rings. The highest BCUT2D eigenvalue weighted by Gasteiger charge is 2.40. The standard InChI is InChI=1S/C6H13NO4S/c7-3-5(10)4(9)2(1-8)11-6(3)12/h2-6,8-10,12H,1,7H2/t2-,3-,4+,5-,6?/m1/s1. The fraction of sp³-hybridized carbons (Fsp3) is 1.00. The molecule has 0 bridgehead atoms. The lowest BCUT2D eigenvalue weighted by atomic mass is 9.99. The van der Waals surface area contributed by atoms with Gasteiger partial charge in [0, 0.05) is 0 Å². The quantitative estimate of drug-likeness (QED) is 0.303. The van der Waals surface area contributed by atoms with Crippen molar-refractivity contribution in [3.05, 3.63) is 0 Å². The molecule has 1 aliphatic heterocycles. The Morgan fingerprint density at radius 3 is 2.42 bits per heavy atom. The second-order valence-electron chi connectivity index (χ2n) is 2.81. The number of aliphatic hydroxyl groups excluding tert-OH is 3. The van der Waals surface area contributed by atoms with Crippen molar-refractivity contribution >= 4 is 12.6 Å². The van der Waals surface area contributed by atoms with Crippen LogP contribution in [0.4, 0.5) is 0 Å². The highest BCUT2D eigenvalue weighted by Crippen LogP contribution is 2.21. The molecule has 0 spiro atoms. The summed E-state index contributed by atoms with van der Waals surface area (Å²) >= 11 is 3.94. The van der Waals surface area contributed by atoms with Crippen molar-refractivity contribution < 1.29 is 20.1 Å². The van der Waals surface area contributed by atoms with Crippen LogP contribution >= 0.6 is 12.6 Å². The lowest BCUT2D eigenvalue weighted by Crippen LogP contribution is -2.60. The maximum Gasteiger partial charge on any atom is 0.118 e. The minimum atomic E-state index is -1.15. The van der Waals surface area contributed by atoms with Gasteiger partial charge in [-0.1, -0.05) is 0 Å². The molecule has 5 nitrogen and oxygen atoms in total. The molecule has 1 saturated heterocycles. The van der Waals surface area contributed by atoms with Crippen LogP contribution in [0, 0.1) is 0 Å². The highest BCUT2D eigenvalue weighted by atomic mass is 32.1.